The molecule has 7 nitrogen and oxygen atoms in total. The quantitative estimate of drug-likeness (QED) is 0.873. The standard InChI is InChI=1S/C14H16N2O5S/c1-4-12-11(7-15-21-12)16-22(19,20)13-6-10(14(17)18)5-8(2)9(13)3/h5-7,16H,4H2,1-3H3,(H,17,18). The molecule has 22 heavy (non-hydrogen) atoms. The van der Waals surface area contributed by atoms with Crippen LogP contribution in [0.1, 0.15) is 34.2 Å². The van der Waals surface area contributed by atoms with Crippen molar-refractivity contribution in [3.63, 3.8) is 0 Å². The summed E-state index contributed by atoms with van der Waals surface area (Å²) in [5.41, 5.74) is 1.25. The normalized spacial score (nSPS) is 11.4. The lowest BCUT2D eigenvalue weighted by Gasteiger charge is -2.12. The van der Waals surface area contributed by atoms with Gasteiger partial charge in [-0.3, -0.25) is 4.72 Å². The van der Waals surface area contributed by atoms with E-state index in [4.69, 9.17) is 9.63 Å². The maximum absolute atomic E-state index is 12.5. The van der Waals surface area contributed by atoms with E-state index < -0.39 is 16.0 Å². The zero-order chi connectivity index (χ0) is 16.5. The highest BCUT2D eigenvalue weighted by Gasteiger charge is 2.22. The van der Waals surface area contributed by atoms with Crippen LogP contribution in [0.15, 0.2) is 27.7 Å². The highest BCUT2D eigenvalue weighted by atomic mass is 32.2. The summed E-state index contributed by atoms with van der Waals surface area (Å²) in [6, 6.07) is 2.58. The summed E-state index contributed by atoms with van der Waals surface area (Å²) in [4.78, 5) is 11.0. The molecule has 0 aliphatic heterocycles. The van der Waals surface area contributed by atoms with Crippen molar-refractivity contribution in [2.75, 3.05) is 4.72 Å². The minimum absolute atomic E-state index is 0.0758. The molecular formula is C14H16N2O5S. The lowest BCUT2D eigenvalue weighted by Crippen LogP contribution is -2.16. The Morgan fingerprint density at radius 3 is 2.64 bits per heavy atom. The van der Waals surface area contributed by atoms with Crippen LogP contribution in [0.5, 0.6) is 0 Å². The first-order valence-electron chi connectivity index (χ1n) is 6.57. The van der Waals surface area contributed by atoms with Crippen molar-refractivity contribution < 1.29 is 22.8 Å². The number of carboxylic acids is 1. The van der Waals surface area contributed by atoms with Gasteiger partial charge in [-0.15, -0.1) is 0 Å². The van der Waals surface area contributed by atoms with Crippen molar-refractivity contribution in [3.05, 3.63) is 40.8 Å². The Bertz CT molecular complexity index is 824. The van der Waals surface area contributed by atoms with Gasteiger partial charge in [0.15, 0.2) is 5.76 Å². The van der Waals surface area contributed by atoms with Crippen molar-refractivity contribution >= 4 is 21.7 Å². The minimum Gasteiger partial charge on any atom is -0.478 e. The molecule has 1 aromatic carbocycles. The molecule has 0 fully saturated rings. The van der Waals surface area contributed by atoms with Gasteiger partial charge in [-0.1, -0.05) is 12.1 Å². The molecule has 1 heterocycles. The molecule has 0 atom stereocenters. The molecule has 2 rings (SSSR count). The fraction of sp³-hybridized carbons (Fsp3) is 0.286. The number of anilines is 1. The first kappa shape index (κ1) is 16.0. The van der Waals surface area contributed by atoms with E-state index in [0.29, 0.717) is 23.3 Å². The number of benzene rings is 1. The molecule has 118 valence electrons. The molecule has 0 radical (unpaired) electrons. The summed E-state index contributed by atoms with van der Waals surface area (Å²) in [7, 11) is -3.94. The summed E-state index contributed by atoms with van der Waals surface area (Å²) in [6.45, 7) is 5.10. The van der Waals surface area contributed by atoms with Gasteiger partial charge >= 0.3 is 5.97 Å². The lowest BCUT2D eigenvalue weighted by atomic mass is 10.1. The Labute approximate surface area is 128 Å². The highest BCUT2D eigenvalue weighted by Crippen LogP contribution is 2.25. The number of aryl methyl sites for hydroxylation is 2. The van der Waals surface area contributed by atoms with Gasteiger partial charge in [0.25, 0.3) is 10.0 Å². The summed E-state index contributed by atoms with van der Waals surface area (Å²) < 4.78 is 32.4. The average Bonchev–Trinajstić information content (AvgIpc) is 2.87. The summed E-state index contributed by atoms with van der Waals surface area (Å²) in [5, 5.41) is 12.6. The van der Waals surface area contributed by atoms with Crippen LogP contribution in [0.25, 0.3) is 0 Å². The largest absolute Gasteiger partial charge is 0.478 e. The molecular weight excluding hydrogens is 308 g/mol. The predicted molar refractivity (Wildman–Crippen MR) is 79.6 cm³/mol. The zero-order valence-electron chi connectivity index (χ0n) is 12.4. The molecule has 0 aliphatic carbocycles. The van der Waals surface area contributed by atoms with Crippen LogP contribution in [0, 0.1) is 13.8 Å². The van der Waals surface area contributed by atoms with Gasteiger partial charge < -0.3 is 9.63 Å². The fourth-order valence-electron chi connectivity index (χ4n) is 2.03. The number of nitrogens with one attached hydrogen (secondary N) is 1. The van der Waals surface area contributed by atoms with Gasteiger partial charge in [-0.2, -0.15) is 0 Å². The Kier molecular flexibility index (Phi) is 4.23. The first-order valence-corrected chi connectivity index (χ1v) is 8.05. The molecule has 0 unspecified atom stereocenters. The van der Waals surface area contributed by atoms with Crippen molar-refractivity contribution in [1.29, 1.82) is 0 Å². The van der Waals surface area contributed by atoms with Gasteiger partial charge in [0, 0.05) is 6.42 Å². The molecule has 0 aliphatic rings. The summed E-state index contributed by atoms with van der Waals surface area (Å²) in [6.07, 6.45) is 1.75. The van der Waals surface area contributed by atoms with E-state index in [1.807, 2.05) is 0 Å². The third kappa shape index (κ3) is 2.96. The van der Waals surface area contributed by atoms with E-state index in [2.05, 4.69) is 9.88 Å². The van der Waals surface area contributed by atoms with Gasteiger partial charge in [0.1, 0.15) is 5.69 Å². The molecule has 2 aromatic rings. The number of carbonyl (C=O) groups is 1. The number of aromatic nitrogens is 1. The number of aromatic carboxylic acids is 1. The number of hydrogen-bond donors (Lipinski definition) is 2. The molecule has 0 saturated carbocycles. The van der Waals surface area contributed by atoms with Gasteiger partial charge in [-0.05, 0) is 37.1 Å². The van der Waals surface area contributed by atoms with Crippen LogP contribution in [0.4, 0.5) is 5.69 Å². The fourth-order valence-corrected chi connectivity index (χ4v) is 3.44. The van der Waals surface area contributed by atoms with E-state index in [1.54, 1.807) is 20.8 Å². The topological polar surface area (TPSA) is 110 Å². The smallest absolute Gasteiger partial charge is 0.335 e. The van der Waals surface area contributed by atoms with Crippen LogP contribution in [-0.2, 0) is 16.4 Å². The van der Waals surface area contributed by atoms with Crippen molar-refractivity contribution in [3.8, 4) is 0 Å². The average molecular weight is 324 g/mol. The Morgan fingerprint density at radius 2 is 2.05 bits per heavy atom. The zero-order valence-corrected chi connectivity index (χ0v) is 13.2. The van der Waals surface area contributed by atoms with Gasteiger partial charge in [-0.25, -0.2) is 13.2 Å². The van der Waals surface area contributed by atoms with E-state index in [1.165, 1.54) is 12.3 Å². The second-order valence-corrected chi connectivity index (χ2v) is 6.49. The SMILES string of the molecule is CCc1oncc1NS(=O)(=O)c1cc(C(=O)O)cc(C)c1C. The maximum Gasteiger partial charge on any atom is 0.335 e. The van der Waals surface area contributed by atoms with Crippen LogP contribution in [0.3, 0.4) is 0 Å². The highest BCUT2D eigenvalue weighted by molar-refractivity contribution is 7.92. The molecule has 2 N–H and O–H groups in total. The third-order valence-corrected chi connectivity index (χ3v) is 4.86. The van der Waals surface area contributed by atoms with Crippen molar-refractivity contribution in [2.45, 2.75) is 32.1 Å². The number of nitrogens with zero attached hydrogens (tertiary/aromatic N) is 1. The molecule has 0 saturated heterocycles. The van der Waals surface area contributed by atoms with E-state index in [9.17, 15) is 13.2 Å². The van der Waals surface area contributed by atoms with Gasteiger partial charge in [0.05, 0.1) is 16.7 Å². The van der Waals surface area contributed by atoms with Crippen LogP contribution < -0.4 is 4.72 Å². The monoisotopic (exact) mass is 324 g/mol. The Hall–Kier alpha value is -2.35. The first-order chi connectivity index (χ1) is 10.3. The van der Waals surface area contributed by atoms with Crippen molar-refractivity contribution in [2.24, 2.45) is 0 Å². The number of sulfonamides is 1. The second-order valence-electron chi connectivity index (χ2n) is 4.84. The third-order valence-electron chi connectivity index (χ3n) is 3.37. The van der Waals surface area contributed by atoms with Crippen molar-refractivity contribution in [1.82, 2.24) is 5.16 Å². The van der Waals surface area contributed by atoms with E-state index in [-0.39, 0.29) is 16.1 Å². The molecule has 1 aromatic heterocycles. The Morgan fingerprint density at radius 1 is 1.36 bits per heavy atom. The Balaban J connectivity index is 2.52. The maximum atomic E-state index is 12.5. The van der Waals surface area contributed by atoms with Crippen LogP contribution in [0.2, 0.25) is 0 Å². The molecule has 0 bridgehead atoms. The lowest BCUT2D eigenvalue weighted by molar-refractivity contribution is 0.0696. The molecule has 0 spiro atoms. The van der Waals surface area contributed by atoms with E-state index in [0.717, 1.165) is 6.07 Å². The number of carboxylic acid groups (broad SMARTS) is 1. The van der Waals surface area contributed by atoms with Gasteiger partial charge in [0.2, 0.25) is 0 Å². The van der Waals surface area contributed by atoms with Crippen LogP contribution in [-0.4, -0.2) is 24.7 Å². The number of hydrogen-bond acceptors (Lipinski definition) is 5. The second kappa shape index (κ2) is 5.80. The molecule has 8 heteroatoms. The summed E-state index contributed by atoms with van der Waals surface area (Å²) in [5.74, 6) is -0.772. The number of rotatable bonds is 5. The predicted octanol–water partition coefficient (Wildman–Crippen LogP) is 2.35. The minimum atomic E-state index is -3.94. The summed E-state index contributed by atoms with van der Waals surface area (Å²) >= 11 is 0. The van der Waals surface area contributed by atoms with E-state index >= 15 is 0 Å². The molecule has 0 amide bonds. The van der Waals surface area contributed by atoms with Crippen LogP contribution >= 0.6 is 0 Å².